The van der Waals surface area contributed by atoms with E-state index in [-0.39, 0.29) is 16.8 Å². The smallest absolute Gasteiger partial charge is 0.345 e. The normalized spacial score (nSPS) is 11.5. The zero-order valence-electron chi connectivity index (χ0n) is 18.5. The summed E-state index contributed by atoms with van der Waals surface area (Å²) in [5.41, 5.74) is 1.87. The van der Waals surface area contributed by atoms with E-state index in [2.05, 4.69) is 27.0 Å². The first-order valence-electron chi connectivity index (χ1n) is 10.5. The third-order valence-corrected chi connectivity index (χ3v) is 6.72. The van der Waals surface area contributed by atoms with Crippen LogP contribution in [0.3, 0.4) is 0 Å². The molecule has 0 saturated carbocycles. The third-order valence-electron chi connectivity index (χ3n) is 5.35. The number of fused-ring (bicyclic) bond motifs is 1. The van der Waals surface area contributed by atoms with E-state index in [1.807, 2.05) is 6.07 Å². The highest BCUT2D eigenvalue weighted by Crippen LogP contribution is 2.33. The van der Waals surface area contributed by atoms with Gasteiger partial charge in [0.05, 0.1) is 27.3 Å². The van der Waals surface area contributed by atoms with Crippen LogP contribution in [0, 0.1) is 28.4 Å². The van der Waals surface area contributed by atoms with Crippen molar-refractivity contribution < 1.29 is 13.8 Å². The Morgan fingerprint density at radius 1 is 1.14 bits per heavy atom. The first-order chi connectivity index (χ1) is 17.3. The van der Waals surface area contributed by atoms with Crippen LogP contribution in [0.4, 0.5) is 5.69 Å². The number of nitriles is 1. The maximum Gasteiger partial charge on any atom is 0.345 e. The van der Waals surface area contributed by atoms with Crippen molar-refractivity contribution in [1.82, 2.24) is 4.98 Å². The summed E-state index contributed by atoms with van der Waals surface area (Å²) < 4.78 is 12.1. The molecule has 0 fully saturated rings. The number of nitrogens with zero attached hydrogens (tertiary/aromatic N) is 3. The predicted molar refractivity (Wildman–Crippen MR) is 140 cm³/mol. The Hall–Kier alpha value is -4.33. The molecule has 0 spiro atoms. The maximum absolute atomic E-state index is 12.5. The molecule has 10 heteroatoms. The highest BCUT2D eigenvalue weighted by Gasteiger charge is 2.19. The molecule has 3 aromatic heterocycles. The van der Waals surface area contributed by atoms with Gasteiger partial charge >= 0.3 is 5.63 Å². The molecule has 0 saturated heterocycles. The molecule has 0 aliphatic rings. The number of benzene rings is 2. The first kappa shape index (κ1) is 23.4. The molecule has 0 bridgehead atoms. The topological polar surface area (TPSA) is 123 Å². The molecule has 5 aromatic rings. The summed E-state index contributed by atoms with van der Waals surface area (Å²) in [5.74, 6) is 0.647. The maximum atomic E-state index is 12.5. The van der Waals surface area contributed by atoms with Crippen LogP contribution in [0.5, 0.6) is 0 Å². The zero-order chi connectivity index (χ0) is 25.4. The number of rotatable bonds is 5. The van der Waals surface area contributed by atoms with Crippen LogP contribution in [-0.4, -0.2) is 9.91 Å². The number of nitro benzene ring substituents is 1. The van der Waals surface area contributed by atoms with E-state index < -0.39 is 10.5 Å². The van der Waals surface area contributed by atoms with Gasteiger partial charge in [0.2, 0.25) is 0 Å². The van der Waals surface area contributed by atoms with Gasteiger partial charge < -0.3 is 8.83 Å². The molecule has 0 aliphatic carbocycles. The average molecular weight is 560 g/mol. The van der Waals surface area contributed by atoms with Gasteiger partial charge in [-0.05, 0) is 55.0 Å². The lowest BCUT2D eigenvalue weighted by Crippen LogP contribution is -2.02. The molecule has 0 radical (unpaired) electrons. The Morgan fingerprint density at radius 2 is 1.97 bits per heavy atom. The first-order valence-corrected chi connectivity index (χ1v) is 12.2. The van der Waals surface area contributed by atoms with Gasteiger partial charge in [0.15, 0.2) is 0 Å². The van der Waals surface area contributed by atoms with Gasteiger partial charge in [-0.25, -0.2) is 9.78 Å². The van der Waals surface area contributed by atoms with Crippen molar-refractivity contribution in [3.63, 3.8) is 0 Å². The average Bonchev–Trinajstić information content (AvgIpc) is 3.52. The summed E-state index contributed by atoms with van der Waals surface area (Å²) in [7, 11) is 0. The van der Waals surface area contributed by atoms with Crippen LogP contribution in [0.2, 0.25) is 0 Å². The van der Waals surface area contributed by atoms with Gasteiger partial charge in [0.1, 0.15) is 28.2 Å². The SMILES string of the molecule is Cc1ccc(-c2ccc(/C=C(\C#N)c3nc(-c4cc5cc(Br)ccc5oc4=O)cs3)o2)c([N+](=O)[O-])c1. The molecule has 176 valence electrons. The molecule has 2 aromatic carbocycles. The second-order valence-corrected chi connectivity index (χ2v) is 9.59. The van der Waals surface area contributed by atoms with E-state index in [4.69, 9.17) is 8.83 Å². The summed E-state index contributed by atoms with van der Waals surface area (Å²) in [6.45, 7) is 1.77. The second kappa shape index (κ2) is 9.37. The van der Waals surface area contributed by atoms with Crippen LogP contribution in [-0.2, 0) is 0 Å². The molecule has 0 unspecified atom stereocenters. The van der Waals surface area contributed by atoms with Crippen molar-refractivity contribution in [3.8, 4) is 28.7 Å². The lowest BCUT2D eigenvalue weighted by Gasteiger charge is -2.01. The zero-order valence-corrected chi connectivity index (χ0v) is 20.9. The van der Waals surface area contributed by atoms with Crippen molar-refractivity contribution in [3.05, 3.63) is 101 Å². The lowest BCUT2D eigenvalue weighted by molar-refractivity contribution is -0.384. The molecule has 0 N–H and O–H groups in total. The second-order valence-electron chi connectivity index (χ2n) is 7.82. The number of thiazole rings is 1. The summed E-state index contributed by atoms with van der Waals surface area (Å²) >= 11 is 4.61. The van der Waals surface area contributed by atoms with Gasteiger partial charge in [-0.3, -0.25) is 10.1 Å². The van der Waals surface area contributed by atoms with Gasteiger partial charge in [-0.15, -0.1) is 11.3 Å². The van der Waals surface area contributed by atoms with Crippen LogP contribution >= 0.6 is 27.3 Å². The number of hydrogen-bond acceptors (Lipinski definition) is 8. The standard InChI is InChI=1S/C26H14BrN3O5S/c1-14-2-5-19(22(8-14)30(32)33)24-7-4-18(34-24)10-16(12-28)25-29-21(13-36-25)20-11-15-9-17(27)3-6-23(15)35-26(20)31/h2-11,13H,1H3/b16-10+. The minimum absolute atomic E-state index is 0.0637. The van der Waals surface area contributed by atoms with Gasteiger partial charge in [0.25, 0.3) is 5.69 Å². The Balaban J connectivity index is 1.49. The number of aryl methyl sites for hydroxylation is 1. The lowest BCUT2D eigenvalue weighted by atomic mass is 10.1. The summed E-state index contributed by atoms with van der Waals surface area (Å²) in [6, 6.07) is 17.2. The van der Waals surface area contributed by atoms with Crippen LogP contribution in [0.15, 0.2) is 78.1 Å². The van der Waals surface area contributed by atoms with E-state index in [1.165, 1.54) is 23.5 Å². The Bertz CT molecular complexity index is 1790. The van der Waals surface area contributed by atoms with Crippen molar-refractivity contribution in [2.75, 3.05) is 0 Å². The number of hydrogen-bond donors (Lipinski definition) is 0. The van der Waals surface area contributed by atoms with Crippen LogP contribution in [0.25, 0.3) is 45.2 Å². The summed E-state index contributed by atoms with van der Waals surface area (Å²) in [5, 5.41) is 24.0. The van der Waals surface area contributed by atoms with E-state index >= 15 is 0 Å². The van der Waals surface area contributed by atoms with E-state index in [1.54, 1.807) is 54.8 Å². The highest BCUT2D eigenvalue weighted by molar-refractivity contribution is 9.10. The minimum Gasteiger partial charge on any atom is -0.456 e. The number of nitro groups is 1. The fourth-order valence-corrected chi connectivity index (χ4v) is 4.82. The monoisotopic (exact) mass is 559 g/mol. The van der Waals surface area contributed by atoms with Crippen molar-refractivity contribution in [2.24, 2.45) is 0 Å². The van der Waals surface area contributed by atoms with Gasteiger partial charge in [-0.2, -0.15) is 5.26 Å². The minimum atomic E-state index is -0.528. The van der Waals surface area contributed by atoms with Crippen LogP contribution < -0.4 is 5.63 Å². The Labute approximate surface area is 216 Å². The molecular formula is C26H14BrN3O5S. The molecular weight excluding hydrogens is 546 g/mol. The van der Waals surface area contributed by atoms with E-state index in [0.29, 0.717) is 33.4 Å². The molecule has 5 rings (SSSR count). The largest absolute Gasteiger partial charge is 0.456 e. The number of aromatic nitrogens is 1. The molecule has 0 amide bonds. The predicted octanol–water partition coefficient (Wildman–Crippen LogP) is 7.22. The fourth-order valence-electron chi connectivity index (χ4n) is 3.65. The van der Waals surface area contributed by atoms with Crippen molar-refractivity contribution >= 4 is 55.6 Å². The van der Waals surface area contributed by atoms with E-state index in [9.17, 15) is 20.2 Å². The number of furan rings is 1. The van der Waals surface area contributed by atoms with Gasteiger partial charge in [0, 0.05) is 27.4 Å². The summed E-state index contributed by atoms with van der Waals surface area (Å²) in [6.07, 6.45) is 1.51. The van der Waals surface area contributed by atoms with E-state index in [0.717, 1.165) is 15.4 Å². The number of halogens is 1. The van der Waals surface area contributed by atoms with Crippen molar-refractivity contribution in [1.29, 1.82) is 5.26 Å². The molecule has 3 heterocycles. The molecule has 36 heavy (non-hydrogen) atoms. The fraction of sp³-hybridized carbons (Fsp3) is 0.0385. The van der Waals surface area contributed by atoms with Crippen molar-refractivity contribution in [2.45, 2.75) is 6.92 Å². The van der Waals surface area contributed by atoms with Gasteiger partial charge in [-0.1, -0.05) is 22.0 Å². The highest BCUT2D eigenvalue weighted by atomic mass is 79.9. The molecule has 8 nitrogen and oxygen atoms in total. The Kier molecular flexibility index (Phi) is 6.10. The van der Waals surface area contributed by atoms with Crippen LogP contribution in [0.1, 0.15) is 16.3 Å². The Morgan fingerprint density at radius 3 is 2.75 bits per heavy atom. The third kappa shape index (κ3) is 4.49. The molecule has 0 aliphatic heterocycles. The summed E-state index contributed by atoms with van der Waals surface area (Å²) in [4.78, 5) is 28.0. The number of allylic oxidation sites excluding steroid dienone is 1. The molecule has 0 atom stereocenters. The quantitative estimate of drug-likeness (QED) is 0.0962.